The lowest BCUT2D eigenvalue weighted by molar-refractivity contribution is -0.128. The molecule has 3 rings (SSSR count). The zero-order valence-electron chi connectivity index (χ0n) is 15.5. The summed E-state index contributed by atoms with van der Waals surface area (Å²) < 4.78 is 5.01. The molecule has 3 fully saturated rings. The molecule has 1 aliphatic carbocycles. The minimum atomic E-state index is -0.274. The second kappa shape index (κ2) is 8.24. The maximum Gasteiger partial charge on any atom is 0.409 e. The third-order valence-corrected chi connectivity index (χ3v) is 5.86. The molecule has 1 spiro atoms. The van der Waals surface area contributed by atoms with Crippen molar-refractivity contribution in [1.82, 2.24) is 20.9 Å². The van der Waals surface area contributed by atoms with E-state index in [1.54, 1.807) is 11.8 Å². The molecule has 26 heavy (non-hydrogen) atoms. The number of likely N-dealkylation sites (tertiary alicyclic amines) is 1. The van der Waals surface area contributed by atoms with Gasteiger partial charge in [-0.1, -0.05) is 0 Å². The van der Waals surface area contributed by atoms with Gasteiger partial charge in [0.15, 0.2) is 0 Å². The quantitative estimate of drug-likeness (QED) is 0.659. The Balaban J connectivity index is 1.38. The lowest BCUT2D eigenvalue weighted by Crippen LogP contribution is -2.68. The van der Waals surface area contributed by atoms with Gasteiger partial charge in [-0.15, -0.1) is 0 Å². The summed E-state index contributed by atoms with van der Waals surface area (Å²) in [6, 6.07) is 0.268. The second-order valence-corrected chi connectivity index (χ2v) is 7.56. The van der Waals surface area contributed by atoms with Crippen LogP contribution in [0.15, 0.2) is 0 Å². The minimum absolute atomic E-state index is 0.0223. The maximum atomic E-state index is 12.3. The number of piperidine rings is 2. The van der Waals surface area contributed by atoms with Gasteiger partial charge in [0.05, 0.1) is 18.7 Å². The third-order valence-electron chi connectivity index (χ3n) is 5.86. The summed E-state index contributed by atoms with van der Waals surface area (Å²) in [6.45, 7) is 3.65. The first-order valence-electron chi connectivity index (χ1n) is 9.78. The van der Waals surface area contributed by atoms with E-state index < -0.39 is 0 Å². The van der Waals surface area contributed by atoms with Gasteiger partial charge in [0.1, 0.15) is 0 Å². The van der Waals surface area contributed by atoms with Gasteiger partial charge in [0.25, 0.3) is 0 Å². The van der Waals surface area contributed by atoms with Crippen LogP contribution in [0.25, 0.3) is 0 Å². The summed E-state index contributed by atoms with van der Waals surface area (Å²) in [7, 11) is 0. The molecule has 2 heterocycles. The van der Waals surface area contributed by atoms with Crippen molar-refractivity contribution in [2.75, 3.05) is 26.2 Å². The Morgan fingerprint density at radius 2 is 2.00 bits per heavy atom. The van der Waals surface area contributed by atoms with Gasteiger partial charge in [-0.2, -0.15) is 0 Å². The number of rotatable bonds is 5. The monoisotopic (exact) mass is 366 g/mol. The fourth-order valence-electron chi connectivity index (χ4n) is 4.22. The Kier molecular flexibility index (Phi) is 6.01. The Labute approximate surface area is 154 Å². The first-order chi connectivity index (χ1) is 12.5. The summed E-state index contributed by atoms with van der Waals surface area (Å²) >= 11 is 0. The second-order valence-electron chi connectivity index (χ2n) is 7.56. The number of ether oxygens (including phenoxy) is 1. The molecule has 8 nitrogen and oxygen atoms in total. The van der Waals surface area contributed by atoms with Crippen LogP contribution in [-0.2, 0) is 14.3 Å². The van der Waals surface area contributed by atoms with E-state index in [0.29, 0.717) is 26.1 Å². The Morgan fingerprint density at radius 1 is 1.27 bits per heavy atom. The molecule has 1 saturated carbocycles. The molecule has 8 heteroatoms. The third kappa shape index (κ3) is 4.28. The molecular weight excluding hydrogens is 336 g/mol. The van der Waals surface area contributed by atoms with Crippen molar-refractivity contribution in [3.63, 3.8) is 0 Å². The average Bonchev–Trinajstić information content (AvgIpc) is 2.60. The van der Waals surface area contributed by atoms with Gasteiger partial charge in [0.2, 0.25) is 11.8 Å². The molecule has 1 atom stereocenters. The molecular formula is C18H30N4O4. The Morgan fingerprint density at radius 3 is 2.62 bits per heavy atom. The molecule has 0 aromatic heterocycles. The van der Waals surface area contributed by atoms with Crippen LogP contribution in [0.4, 0.5) is 4.79 Å². The van der Waals surface area contributed by atoms with Crippen LogP contribution in [0.2, 0.25) is 0 Å². The summed E-state index contributed by atoms with van der Waals surface area (Å²) in [5.41, 5.74) is -0.138. The predicted molar refractivity (Wildman–Crippen MR) is 95.5 cm³/mol. The van der Waals surface area contributed by atoms with Crippen molar-refractivity contribution in [3.05, 3.63) is 0 Å². The predicted octanol–water partition coefficient (Wildman–Crippen LogP) is 0.514. The number of hydrogen-bond acceptors (Lipinski definition) is 5. The van der Waals surface area contributed by atoms with Crippen molar-refractivity contribution in [1.29, 1.82) is 0 Å². The number of carbonyl (C=O) groups is 3. The summed E-state index contributed by atoms with van der Waals surface area (Å²) in [4.78, 5) is 37.4. The van der Waals surface area contributed by atoms with E-state index in [2.05, 4.69) is 16.0 Å². The van der Waals surface area contributed by atoms with E-state index in [9.17, 15) is 14.4 Å². The highest BCUT2D eigenvalue weighted by Gasteiger charge is 2.47. The highest BCUT2D eigenvalue weighted by molar-refractivity contribution is 5.79. The zero-order valence-corrected chi connectivity index (χ0v) is 15.5. The molecule has 0 aromatic carbocycles. The fourth-order valence-corrected chi connectivity index (χ4v) is 4.22. The molecule has 3 N–H and O–H groups in total. The normalized spacial score (nSPS) is 25.3. The molecule has 146 valence electrons. The molecule has 3 aliphatic rings. The number of carbonyl (C=O) groups excluding carboxylic acids is 3. The van der Waals surface area contributed by atoms with Crippen molar-refractivity contribution < 1.29 is 19.1 Å². The topological polar surface area (TPSA) is 99.8 Å². The van der Waals surface area contributed by atoms with E-state index in [1.807, 2.05) is 0 Å². The molecule has 1 unspecified atom stereocenters. The lowest BCUT2D eigenvalue weighted by Gasteiger charge is -2.51. The lowest BCUT2D eigenvalue weighted by atomic mass is 9.68. The van der Waals surface area contributed by atoms with Crippen LogP contribution < -0.4 is 16.0 Å². The molecule has 0 bridgehead atoms. The molecule has 0 radical (unpaired) electrons. The van der Waals surface area contributed by atoms with Crippen molar-refractivity contribution in [2.45, 2.75) is 69.5 Å². The molecule has 0 aromatic rings. The maximum absolute atomic E-state index is 12.3. The molecule has 2 saturated heterocycles. The van der Waals surface area contributed by atoms with Crippen LogP contribution in [-0.4, -0.2) is 66.7 Å². The molecule has 2 aliphatic heterocycles. The number of nitrogens with zero attached hydrogens (tertiary/aromatic N) is 1. The van der Waals surface area contributed by atoms with Crippen molar-refractivity contribution >= 4 is 17.9 Å². The van der Waals surface area contributed by atoms with E-state index in [-0.39, 0.29) is 42.1 Å². The first-order valence-corrected chi connectivity index (χ1v) is 9.78. The SMILES string of the molecule is CCOC(=O)N1CCC(NC(=O)CNC2CCC(=O)NC23CCC3)CC1. The van der Waals surface area contributed by atoms with Crippen LogP contribution >= 0.6 is 0 Å². The molecule has 3 amide bonds. The minimum Gasteiger partial charge on any atom is -0.450 e. The number of hydrogen-bond donors (Lipinski definition) is 3. The Hall–Kier alpha value is -1.83. The van der Waals surface area contributed by atoms with Gasteiger partial charge >= 0.3 is 6.09 Å². The highest BCUT2D eigenvalue weighted by Crippen LogP contribution is 2.38. The van der Waals surface area contributed by atoms with Gasteiger partial charge in [-0.05, 0) is 45.4 Å². The zero-order chi connectivity index (χ0) is 18.6. The smallest absolute Gasteiger partial charge is 0.409 e. The largest absolute Gasteiger partial charge is 0.450 e. The van der Waals surface area contributed by atoms with E-state index in [0.717, 1.165) is 38.5 Å². The summed E-state index contributed by atoms with van der Waals surface area (Å²) in [5, 5.41) is 9.54. The standard InChI is InChI=1S/C18H30N4O4/c1-2-26-17(25)22-10-6-13(7-11-22)20-16(24)12-19-14-4-5-15(23)21-18(14)8-3-9-18/h13-14,19H,2-12H2,1H3,(H,20,24)(H,21,23). The van der Waals surface area contributed by atoms with Crippen LogP contribution in [0.5, 0.6) is 0 Å². The van der Waals surface area contributed by atoms with Gasteiger partial charge < -0.3 is 25.6 Å². The van der Waals surface area contributed by atoms with Crippen LogP contribution in [0.1, 0.15) is 51.9 Å². The average molecular weight is 366 g/mol. The van der Waals surface area contributed by atoms with Crippen molar-refractivity contribution in [3.8, 4) is 0 Å². The summed E-state index contributed by atoms with van der Waals surface area (Å²) in [5.74, 6) is 0.103. The highest BCUT2D eigenvalue weighted by atomic mass is 16.6. The van der Waals surface area contributed by atoms with Gasteiger partial charge in [-0.3, -0.25) is 9.59 Å². The fraction of sp³-hybridized carbons (Fsp3) is 0.833. The number of amides is 3. The summed E-state index contributed by atoms with van der Waals surface area (Å²) in [6.07, 6.45) is 5.63. The van der Waals surface area contributed by atoms with Crippen LogP contribution in [0, 0.1) is 0 Å². The Bertz CT molecular complexity index is 541. The van der Waals surface area contributed by atoms with Crippen molar-refractivity contribution in [2.24, 2.45) is 0 Å². The van der Waals surface area contributed by atoms with E-state index >= 15 is 0 Å². The number of nitrogens with one attached hydrogen (secondary N) is 3. The van der Waals surface area contributed by atoms with Gasteiger partial charge in [-0.25, -0.2) is 4.79 Å². The van der Waals surface area contributed by atoms with Crippen LogP contribution in [0.3, 0.4) is 0 Å². The van der Waals surface area contributed by atoms with E-state index in [1.165, 1.54) is 0 Å². The first kappa shape index (κ1) is 18.9. The van der Waals surface area contributed by atoms with E-state index in [4.69, 9.17) is 4.74 Å². The van der Waals surface area contributed by atoms with Gasteiger partial charge in [0, 0.05) is 31.6 Å².